The molecule has 0 aromatic carbocycles. The fourth-order valence-corrected chi connectivity index (χ4v) is 3.73. The van der Waals surface area contributed by atoms with Crippen LogP contribution in [0.5, 0.6) is 0 Å². The van der Waals surface area contributed by atoms with Crippen molar-refractivity contribution in [2.24, 2.45) is 0 Å². The maximum Gasteiger partial charge on any atom is 0.269 e. The van der Waals surface area contributed by atoms with Gasteiger partial charge in [-0.05, 0) is 23.8 Å². The highest BCUT2D eigenvalue weighted by molar-refractivity contribution is 6.29. The normalized spacial score (nSPS) is 18.5. The summed E-state index contributed by atoms with van der Waals surface area (Å²) in [6.07, 6.45) is 1.31. The second-order valence-corrected chi connectivity index (χ2v) is 7.07. The first-order chi connectivity index (χ1) is 13.9. The average Bonchev–Trinajstić information content (AvgIpc) is 2.72. The minimum Gasteiger partial charge on any atom is -0.382 e. The second kappa shape index (κ2) is 10.6. The fraction of sp³-hybridized carbons (Fsp3) is 0.421. The number of hydrogen-bond donors (Lipinski definition) is 2. The third-order valence-electron chi connectivity index (χ3n) is 4.76. The van der Waals surface area contributed by atoms with Gasteiger partial charge in [0.15, 0.2) is 0 Å². The maximum atomic E-state index is 12.4. The van der Waals surface area contributed by atoms with Crippen molar-refractivity contribution in [3.63, 3.8) is 0 Å². The standard InChI is InChI=1S/C19H23ClN6O3.ClH/c1-11(27)26-13(9-29-3)7-22-8-17(26)12-4-15(25-18(20)5-12)14-6-16(19(28)21-2)24-10-23-14;/h4-6,10,13,17,22H,7-9H2,1-3H3,(H,21,28);1H. The number of nitrogens with one attached hydrogen (secondary N) is 2. The predicted octanol–water partition coefficient (Wildman–Crippen LogP) is 1.48. The van der Waals surface area contributed by atoms with Gasteiger partial charge in [-0.3, -0.25) is 9.59 Å². The molecule has 2 amide bonds. The molecule has 0 saturated carbocycles. The largest absolute Gasteiger partial charge is 0.382 e. The number of carbonyl (C=O) groups is 2. The molecule has 2 aromatic rings. The summed E-state index contributed by atoms with van der Waals surface area (Å²) in [5.74, 6) is -0.366. The van der Waals surface area contributed by atoms with Crippen LogP contribution in [0.4, 0.5) is 0 Å². The van der Waals surface area contributed by atoms with Crippen LogP contribution in [0.25, 0.3) is 11.4 Å². The van der Waals surface area contributed by atoms with E-state index in [4.69, 9.17) is 16.3 Å². The third-order valence-corrected chi connectivity index (χ3v) is 4.95. The topological polar surface area (TPSA) is 109 Å². The summed E-state index contributed by atoms with van der Waals surface area (Å²) < 4.78 is 5.28. The van der Waals surface area contributed by atoms with Gasteiger partial charge in [-0.2, -0.15) is 0 Å². The van der Waals surface area contributed by atoms with Crippen molar-refractivity contribution < 1.29 is 14.3 Å². The number of pyridine rings is 1. The van der Waals surface area contributed by atoms with Crippen LogP contribution < -0.4 is 10.6 Å². The molecule has 9 nitrogen and oxygen atoms in total. The van der Waals surface area contributed by atoms with E-state index in [1.807, 2.05) is 11.0 Å². The van der Waals surface area contributed by atoms with Crippen LogP contribution in [0.2, 0.25) is 5.15 Å². The molecule has 2 N–H and O–H groups in total. The van der Waals surface area contributed by atoms with Gasteiger partial charge in [0.2, 0.25) is 5.91 Å². The highest BCUT2D eigenvalue weighted by Gasteiger charge is 2.33. The molecule has 3 rings (SSSR count). The zero-order valence-corrected chi connectivity index (χ0v) is 18.5. The van der Waals surface area contributed by atoms with E-state index in [0.29, 0.717) is 31.1 Å². The summed E-state index contributed by atoms with van der Waals surface area (Å²) in [4.78, 5) is 38.6. The monoisotopic (exact) mass is 454 g/mol. The first-order valence-corrected chi connectivity index (χ1v) is 9.53. The highest BCUT2D eigenvalue weighted by Crippen LogP contribution is 2.30. The van der Waals surface area contributed by atoms with Gasteiger partial charge in [0.05, 0.1) is 30.1 Å². The molecule has 0 bridgehead atoms. The van der Waals surface area contributed by atoms with Crippen LogP contribution in [-0.2, 0) is 9.53 Å². The van der Waals surface area contributed by atoms with Crippen LogP contribution in [0.15, 0.2) is 24.5 Å². The molecular weight excluding hydrogens is 431 g/mol. The van der Waals surface area contributed by atoms with Crippen LogP contribution >= 0.6 is 24.0 Å². The molecule has 2 aromatic heterocycles. The number of hydrogen-bond acceptors (Lipinski definition) is 7. The lowest BCUT2D eigenvalue weighted by atomic mass is 9.99. The molecule has 2 unspecified atom stereocenters. The Morgan fingerprint density at radius 3 is 2.70 bits per heavy atom. The summed E-state index contributed by atoms with van der Waals surface area (Å²) in [7, 11) is 3.14. The van der Waals surface area contributed by atoms with E-state index in [0.717, 1.165) is 5.56 Å². The first kappa shape index (κ1) is 23.9. The number of methoxy groups -OCH3 is 1. The van der Waals surface area contributed by atoms with Crippen molar-refractivity contribution in [1.29, 1.82) is 0 Å². The molecule has 162 valence electrons. The number of nitrogens with zero attached hydrogens (tertiary/aromatic N) is 4. The van der Waals surface area contributed by atoms with E-state index in [9.17, 15) is 9.59 Å². The molecule has 1 saturated heterocycles. The van der Waals surface area contributed by atoms with E-state index in [2.05, 4.69) is 25.6 Å². The Labute approximate surface area is 186 Å². The molecule has 1 aliphatic heterocycles. The molecule has 3 heterocycles. The molecule has 2 atom stereocenters. The smallest absolute Gasteiger partial charge is 0.269 e. The molecule has 1 aliphatic rings. The molecule has 0 radical (unpaired) electrons. The minimum absolute atomic E-state index is 0. The third kappa shape index (κ3) is 5.23. The van der Waals surface area contributed by atoms with Crippen molar-refractivity contribution >= 4 is 35.8 Å². The Morgan fingerprint density at radius 1 is 1.27 bits per heavy atom. The van der Waals surface area contributed by atoms with Gasteiger partial charge in [0.1, 0.15) is 17.2 Å². The number of amides is 2. The SMILES string of the molecule is CNC(=O)c1cc(-c2cc(C3CNCC(COC)N3C(C)=O)cc(Cl)n2)ncn1.Cl. The van der Waals surface area contributed by atoms with Crippen molar-refractivity contribution in [2.45, 2.75) is 19.0 Å². The Morgan fingerprint density at radius 2 is 2.03 bits per heavy atom. The summed E-state index contributed by atoms with van der Waals surface area (Å²) >= 11 is 6.29. The molecule has 0 aliphatic carbocycles. The molecule has 1 fully saturated rings. The highest BCUT2D eigenvalue weighted by atomic mass is 35.5. The lowest BCUT2D eigenvalue weighted by molar-refractivity contribution is -0.136. The zero-order chi connectivity index (χ0) is 21.0. The van der Waals surface area contributed by atoms with E-state index in [1.165, 1.54) is 13.4 Å². The lowest BCUT2D eigenvalue weighted by Gasteiger charge is -2.42. The maximum absolute atomic E-state index is 12.4. The van der Waals surface area contributed by atoms with Gasteiger partial charge in [0, 0.05) is 34.2 Å². The Kier molecular flexibility index (Phi) is 8.48. The summed E-state index contributed by atoms with van der Waals surface area (Å²) in [5, 5.41) is 6.15. The molecule has 11 heteroatoms. The molecule has 30 heavy (non-hydrogen) atoms. The van der Waals surface area contributed by atoms with Crippen molar-refractivity contribution in [3.8, 4) is 11.4 Å². The Balaban J connectivity index is 0.00000320. The van der Waals surface area contributed by atoms with Crippen molar-refractivity contribution in [2.75, 3.05) is 33.9 Å². The van der Waals surface area contributed by atoms with E-state index in [1.54, 1.807) is 26.2 Å². The Bertz CT molecular complexity index is 912. The van der Waals surface area contributed by atoms with Gasteiger partial charge in [-0.25, -0.2) is 15.0 Å². The molecular formula is C19H24Cl2N6O3. The summed E-state index contributed by atoms with van der Waals surface area (Å²) in [5.41, 5.74) is 2.01. The average molecular weight is 455 g/mol. The number of ether oxygens (including phenoxy) is 1. The lowest BCUT2D eigenvalue weighted by Crippen LogP contribution is -2.56. The number of aromatic nitrogens is 3. The molecule has 0 spiro atoms. The van der Waals surface area contributed by atoms with Crippen molar-refractivity contribution in [1.82, 2.24) is 30.5 Å². The predicted molar refractivity (Wildman–Crippen MR) is 115 cm³/mol. The Hall–Kier alpha value is -2.33. The van der Waals surface area contributed by atoms with E-state index >= 15 is 0 Å². The van der Waals surface area contributed by atoms with Crippen molar-refractivity contribution in [3.05, 3.63) is 40.9 Å². The number of piperazine rings is 1. The first-order valence-electron chi connectivity index (χ1n) is 9.15. The van der Waals surface area contributed by atoms with Gasteiger partial charge in [-0.15, -0.1) is 12.4 Å². The quantitative estimate of drug-likeness (QED) is 0.658. The van der Waals surface area contributed by atoms with E-state index < -0.39 is 0 Å². The van der Waals surface area contributed by atoms with Gasteiger partial charge >= 0.3 is 0 Å². The van der Waals surface area contributed by atoms with Gasteiger partial charge in [-0.1, -0.05) is 11.6 Å². The van der Waals surface area contributed by atoms with Crippen LogP contribution in [0, 0.1) is 0 Å². The number of carbonyl (C=O) groups excluding carboxylic acids is 2. The zero-order valence-electron chi connectivity index (χ0n) is 16.9. The van der Waals surface area contributed by atoms with Gasteiger partial charge < -0.3 is 20.3 Å². The van der Waals surface area contributed by atoms with Crippen LogP contribution in [0.3, 0.4) is 0 Å². The number of halogens is 2. The fourth-order valence-electron chi connectivity index (χ4n) is 3.51. The van der Waals surface area contributed by atoms with Crippen LogP contribution in [-0.4, -0.2) is 71.6 Å². The number of rotatable bonds is 5. The second-order valence-electron chi connectivity index (χ2n) is 6.69. The van der Waals surface area contributed by atoms with E-state index in [-0.39, 0.29) is 47.2 Å². The summed E-state index contributed by atoms with van der Waals surface area (Å²) in [6.45, 7) is 3.20. The summed E-state index contributed by atoms with van der Waals surface area (Å²) in [6, 6.07) is 4.80. The van der Waals surface area contributed by atoms with Crippen LogP contribution in [0.1, 0.15) is 29.0 Å². The minimum atomic E-state index is -0.322. The van der Waals surface area contributed by atoms with Gasteiger partial charge in [0.25, 0.3) is 5.91 Å².